The highest BCUT2D eigenvalue weighted by Gasteiger charge is 2.43. The maximum atomic E-state index is 12.4. The summed E-state index contributed by atoms with van der Waals surface area (Å²) < 4.78 is 17.5. The summed E-state index contributed by atoms with van der Waals surface area (Å²) in [6.45, 7) is 8.12. The van der Waals surface area contributed by atoms with Crippen molar-refractivity contribution in [2.24, 2.45) is 0 Å². The SMILES string of the molecule is C=C1OB(c2ccc(C(=O)NCc3cccc(OC)c3)s2)OC1(C)C. The van der Waals surface area contributed by atoms with Crippen molar-refractivity contribution in [2.75, 3.05) is 7.11 Å². The van der Waals surface area contributed by atoms with Gasteiger partial charge in [0.05, 0.1) is 22.5 Å². The molecule has 7 heteroatoms. The van der Waals surface area contributed by atoms with Crippen molar-refractivity contribution in [2.45, 2.75) is 26.0 Å². The van der Waals surface area contributed by atoms with Crippen LogP contribution in [-0.2, 0) is 15.9 Å². The number of hydrogen-bond acceptors (Lipinski definition) is 5. The summed E-state index contributed by atoms with van der Waals surface area (Å²) >= 11 is 1.36. The Morgan fingerprint density at radius 1 is 1.36 bits per heavy atom. The summed E-state index contributed by atoms with van der Waals surface area (Å²) in [6, 6.07) is 11.2. The van der Waals surface area contributed by atoms with Gasteiger partial charge in [-0.25, -0.2) is 0 Å². The zero-order valence-corrected chi connectivity index (χ0v) is 15.3. The molecule has 1 aromatic carbocycles. The molecule has 0 saturated carbocycles. The fraction of sp³-hybridized carbons (Fsp3) is 0.278. The number of amides is 1. The lowest BCUT2D eigenvalue weighted by Gasteiger charge is -2.15. The van der Waals surface area contributed by atoms with E-state index in [0.717, 1.165) is 16.1 Å². The van der Waals surface area contributed by atoms with E-state index in [2.05, 4.69) is 11.9 Å². The van der Waals surface area contributed by atoms with Crippen molar-refractivity contribution in [3.05, 3.63) is 59.2 Å². The van der Waals surface area contributed by atoms with E-state index in [1.807, 2.05) is 44.2 Å². The summed E-state index contributed by atoms with van der Waals surface area (Å²) in [7, 11) is 1.11. The monoisotopic (exact) mass is 357 g/mol. The molecule has 0 radical (unpaired) electrons. The predicted octanol–water partition coefficient (Wildman–Crippen LogP) is 2.72. The van der Waals surface area contributed by atoms with E-state index in [9.17, 15) is 4.79 Å². The Morgan fingerprint density at radius 3 is 2.84 bits per heavy atom. The zero-order chi connectivity index (χ0) is 18.0. The summed E-state index contributed by atoms with van der Waals surface area (Å²) in [5.41, 5.74) is 0.452. The number of nitrogens with one attached hydrogen (secondary N) is 1. The first-order chi connectivity index (χ1) is 11.9. The molecule has 1 amide bonds. The van der Waals surface area contributed by atoms with Crippen molar-refractivity contribution in [3.8, 4) is 5.75 Å². The second-order valence-corrected chi connectivity index (χ2v) is 7.35. The molecule has 0 atom stereocenters. The third kappa shape index (κ3) is 3.88. The highest BCUT2D eigenvalue weighted by Crippen LogP contribution is 2.30. The van der Waals surface area contributed by atoms with Gasteiger partial charge in [0.25, 0.3) is 5.91 Å². The highest BCUT2D eigenvalue weighted by molar-refractivity contribution is 7.23. The van der Waals surface area contributed by atoms with Crippen molar-refractivity contribution in [3.63, 3.8) is 0 Å². The topological polar surface area (TPSA) is 56.8 Å². The molecular weight excluding hydrogens is 337 g/mol. The van der Waals surface area contributed by atoms with E-state index in [-0.39, 0.29) is 5.91 Å². The average molecular weight is 357 g/mol. The molecule has 2 heterocycles. The minimum absolute atomic E-state index is 0.129. The van der Waals surface area contributed by atoms with Gasteiger partial charge in [-0.1, -0.05) is 18.7 Å². The lowest BCUT2D eigenvalue weighted by atomic mass is 9.88. The minimum atomic E-state index is -0.524. The number of benzene rings is 1. The standard InChI is InChI=1S/C18H20BNO4S/c1-12-18(2,3)24-19(23-12)16-9-8-15(25-16)17(21)20-11-13-6-5-7-14(10-13)22-4/h5-10H,1,11H2,2-4H3,(H,20,21). The zero-order valence-electron chi connectivity index (χ0n) is 14.5. The number of rotatable bonds is 5. The second-order valence-electron chi connectivity index (χ2n) is 6.24. The normalized spacial score (nSPS) is 15.8. The Hall–Kier alpha value is -2.25. The molecule has 1 aliphatic rings. The van der Waals surface area contributed by atoms with Crippen LogP contribution < -0.4 is 14.8 Å². The maximum absolute atomic E-state index is 12.4. The molecule has 0 bridgehead atoms. The molecule has 2 aromatic rings. The predicted molar refractivity (Wildman–Crippen MR) is 99.3 cm³/mol. The van der Waals surface area contributed by atoms with Crippen LogP contribution in [-0.4, -0.2) is 25.7 Å². The number of carbonyl (C=O) groups is 1. The van der Waals surface area contributed by atoms with Gasteiger partial charge in [-0.05, 0) is 43.7 Å². The van der Waals surface area contributed by atoms with Crippen LogP contribution in [0.3, 0.4) is 0 Å². The summed E-state index contributed by atoms with van der Waals surface area (Å²) in [4.78, 5) is 13.0. The van der Waals surface area contributed by atoms with Crippen LogP contribution in [0, 0.1) is 0 Å². The fourth-order valence-corrected chi connectivity index (χ4v) is 3.28. The van der Waals surface area contributed by atoms with Gasteiger partial charge in [0.1, 0.15) is 11.4 Å². The van der Waals surface area contributed by atoms with Gasteiger partial charge in [-0.15, -0.1) is 11.3 Å². The first-order valence-electron chi connectivity index (χ1n) is 7.94. The Morgan fingerprint density at radius 2 is 2.16 bits per heavy atom. The van der Waals surface area contributed by atoms with Crippen LogP contribution in [0.15, 0.2) is 48.7 Å². The van der Waals surface area contributed by atoms with Gasteiger partial charge in [0.15, 0.2) is 0 Å². The lowest BCUT2D eigenvalue weighted by molar-refractivity contribution is 0.0955. The van der Waals surface area contributed by atoms with Crippen molar-refractivity contribution < 1.29 is 18.8 Å². The van der Waals surface area contributed by atoms with Crippen molar-refractivity contribution >= 4 is 29.1 Å². The van der Waals surface area contributed by atoms with Crippen molar-refractivity contribution in [1.82, 2.24) is 5.32 Å². The van der Waals surface area contributed by atoms with Gasteiger partial charge >= 0.3 is 7.12 Å². The van der Waals surface area contributed by atoms with Crippen LogP contribution in [0.2, 0.25) is 0 Å². The minimum Gasteiger partial charge on any atom is -0.533 e. The summed E-state index contributed by atoms with van der Waals surface area (Å²) in [5.74, 6) is 1.23. The van der Waals surface area contributed by atoms with Crippen LogP contribution in [0.5, 0.6) is 5.75 Å². The molecule has 130 valence electrons. The fourth-order valence-electron chi connectivity index (χ4n) is 2.40. The van der Waals surface area contributed by atoms with E-state index in [0.29, 0.717) is 17.2 Å². The highest BCUT2D eigenvalue weighted by atomic mass is 32.1. The maximum Gasteiger partial charge on any atom is 0.574 e. The van der Waals surface area contributed by atoms with Crippen LogP contribution in [0.1, 0.15) is 29.1 Å². The molecule has 1 fully saturated rings. The Kier molecular flexibility index (Phi) is 4.88. The van der Waals surface area contributed by atoms with E-state index < -0.39 is 12.7 Å². The number of carbonyl (C=O) groups excluding carboxylic acids is 1. The smallest absolute Gasteiger partial charge is 0.533 e. The molecule has 1 N–H and O–H groups in total. The van der Waals surface area contributed by atoms with Crippen LogP contribution in [0.4, 0.5) is 0 Å². The Labute approximate surface area is 151 Å². The van der Waals surface area contributed by atoms with Gasteiger partial charge in [0, 0.05) is 6.54 Å². The van der Waals surface area contributed by atoms with Gasteiger partial charge in [-0.2, -0.15) is 0 Å². The number of hydrogen-bond donors (Lipinski definition) is 1. The molecule has 0 aliphatic carbocycles. The summed E-state index contributed by atoms with van der Waals surface area (Å²) in [6.07, 6.45) is 0. The first-order valence-corrected chi connectivity index (χ1v) is 8.75. The molecule has 5 nitrogen and oxygen atoms in total. The number of methoxy groups -OCH3 is 1. The van der Waals surface area contributed by atoms with Gasteiger partial charge < -0.3 is 19.4 Å². The molecular formula is C18H20BNO4S. The molecule has 25 heavy (non-hydrogen) atoms. The van der Waals surface area contributed by atoms with Crippen molar-refractivity contribution in [1.29, 1.82) is 0 Å². The molecule has 0 unspecified atom stereocenters. The molecule has 1 aliphatic heterocycles. The second kappa shape index (κ2) is 6.94. The molecule has 0 spiro atoms. The van der Waals surface area contributed by atoms with Gasteiger partial charge in [0.2, 0.25) is 0 Å². The van der Waals surface area contributed by atoms with Gasteiger partial charge in [-0.3, -0.25) is 4.79 Å². The Bertz CT molecular complexity index is 802. The average Bonchev–Trinajstić information content (AvgIpc) is 3.18. The van der Waals surface area contributed by atoms with E-state index in [4.69, 9.17) is 14.0 Å². The van der Waals surface area contributed by atoms with E-state index in [1.165, 1.54) is 11.3 Å². The molecule has 1 aromatic heterocycles. The number of thiophene rings is 1. The van der Waals surface area contributed by atoms with E-state index in [1.54, 1.807) is 13.2 Å². The largest absolute Gasteiger partial charge is 0.574 e. The van der Waals surface area contributed by atoms with Crippen LogP contribution in [0.25, 0.3) is 0 Å². The first kappa shape index (κ1) is 17.6. The quantitative estimate of drug-likeness (QED) is 0.836. The van der Waals surface area contributed by atoms with Crippen LogP contribution >= 0.6 is 11.3 Å². The molecule has 1 saturated heterocycles. The summed E-state index contributed by atoms with van der Waals surface area (Å²) in [5, 5.41) is 2.91. The number of ether oxygens (including phenoxy) is 1. The third-order valence-corrected chi connectivity index (χ3v) is 5.10. The molecule has 3 rings (SSSR count). The third-order valence-electron chi connectivity index (χ3n) is 3.99. The van der Waals surface area contributed by atoms with E-state index >= 15 is 0 Å². The Balaban J connectivity index is 1.62. The lowest BCUT2D eigenvalue weighted by Crippen LogP contribution is -2.32.